The number of benzene rings is 2. The van der Waals surface area contributed by atoms with Crippen LogP contribution >= 0.6 is 11.6 Å². The Bertz CT molecular complexity index is 1090. The van der Waals surface area contributed by atoms with E-state index in [0.29, 0.717) is 23.9 Å². The monoisotopic (exact) mass is 378 g/mol. The summed E-state index contributed by atoms with van der Waals surface area (Å²) in [6, 6.07) is 17.3. The molecule has 0 saturated carbocycles. The van der Waals surface area contributed by atoms with E-state index in [1.54, 1.807) is 6.07 Å². The van der Waals surface area contributed by atoms with Crippen molar-refractivity contribution in [1.29, 1.82) is 0 Å². The molecule has 27 heavy (non-hydrogen) atoms. The number of hydrogen-bond acceptors (Lipinski definition) is 4. The molecule has 0 aliphatic carbocycles. The van der Waals surface area contributed by atoms with E-state index in [9.17, 15) is 4.79 Å². The van der Waals surface area contributed by atoms with Crippen molar-refractivity contribution in [2.45, 2.75) is 13.1 Å². The molecule has 6 heteroatoms. The second kappa shape index (κ2) is 7.10. The third-order valence-corrected chi connectivity index (χ3v) is 4.67. The normalized spacial score (nSPS) is 13.0. The Hall–Kier alpha value is -2.76. The zero-order valence-corrected chi connectivity index (χ0v) is 15.9. The molecule has 0 amide bonds. The van der Waals surface area contributed by atoms with Crippen LogP contribution in [0.15, 0.2) is 64.4 Å². The predicted molar refractivity (Wildman–Crippen MR) is 108 cm³/mol. The van der Waals surface area contributed by atoms with Gasteiger partial charge in [-0.25, -0.2) is 0 Å². The third-order valence-electron chi connectivity index (χ3n) is 4.43. The average molecular weight is 379 g/mol. The zero-order chi connectivity index (χ0) is 19.0. The summed E-state index contributed by atoms with van der Waals surface area (Å²) in [6.45, 7) is 0.945. The van der Waals surface area contributed by atoms with Crippen molar-refractivity contribution >= 4 is 17.3 Å². The Morgan fingerprint density at radius 3 is 2.63 bits per heavy atom. The van der Waals surface area contributed by atoms with Crippen molar-refractivity contribution in [3.8, 4) is 5.69 Å². The summed E-state index contributed by atoms with van der Waals surface area (Å²) in [5.41, 5.74) is 4.35. The summed E-state index contributed by atoms with van der Waals surface area (Å²) in [5.74, 6) is 0.633. The summed E-state index contributed by atoms with van der Waals surface area (Å²) in [4.78, 5) is 23.2. The SMILES string of the molecule is CN(C)Cc1cc(=O)nc2n1-c1ccc(Cl)cc1C(c1ccccc1)=NC2. The van der Waals surface area contributed by atoms with Crippen LogP contribution in [0, 0.1) is 0 Å². The van der Waals surface area contributed by atoms with Gasteiger partial charge < -0.3 is 4.90 Å². The maximum absolute atomic E-state index is 12.2. The van der Waals surface area contributed by atoms with Crippen molar-refractivity contribution in [2.24, 2.45) is 4.99 Å². The fourth-order valence-corrected chi connectivity index (χ4v) is 3.57. The van der Waals surface area contributed by atoms with Gasteiger partial charge in [0.25, 0.3) is 5.56 Å². The summed E-state index contributed by atoms with van der Waals surface area (Å²) in [6.07, 6.45) is 0. The van der Waals surface area contributed by atoms with Crippen LogP contribution in [0.5, 0.6) is 0 Å². The quantitative estimate of drug-likeness (QED) is 0.702. The maximum Gasteiger partial charge on any atom is 0.273 e. The van der Waals surface area contributed by atoms with Gasteiger partial charge >= 0.3 is 0 Å². The van der Waals surface area contributed by atoms with Gasteiger partial charge in [-0.15, -0.1) is 0 Å². The largest absolute Gasteiger partial charge is 0.304 e. The molecule has 4 rings (SSSR count). The van der Waals surface area contributed by atoms with Gasteiger partial charge in [-0.05, 0) is 32.3 Å². The molecule has 0 spiro atoms. The van der Waals surface area contributed by atoms with Gasteiger partial charge in [-0.2, -0.15) is 4.98 Å². The lowest BCUT2D eigenvalue weighted by molar-refractivity contribution is 0.390. The summed E-state index contributed by atoms with van der Waals surface area (Å²) < 4.78 is 2.03. The van der Waals surface area contributed by atoms with Gasteiger partial charge in [0.05, 0.1) is 17.9 Å². The van der Waals surface area contributed by atoms with Crippen LogP contribution < -0.4 is 5.56 Å². The third kappa shape index (κ3) is 3.44. The van der Waals surface area contributed by atoms with Crippen LogP contribution in [0.4, 0.5) is 0 Å². The van der Waals surface area contributed by atoms with Crippen molar-refractivity contribution in [3.05, 3.63) is 92.6 Å². The standard InChI is InChI=1S/C21H19ClN4O/c1-25(2)13-16-11-20(27)24-19-12-23-21(14-6-4-3-5-7-14)17-10-15(22)8-9-18(17)26(16)19/h3-11H,12-13H2,1-2H3. The van der Waals surface area contributed by atoms with Gasteiger partial charge in [0.1, 0.15) is 5.82 Å². The molecule has 0 unspecified atom stereocenters. The number of halogens is 1. The van der Waals surface area contributed by atoms with E-state index >= 15 is 0 Å². The summed E-state index contributed by atoms with van der Waals surface area (Å²) in [7, 11) is 3.95. The minimum atomic E-state index is -0.244. The van der Waals surface area contributed by atoms with Gasteiger partial charge in [-0.1, -0.05) is 41.9 Å². The summed E-state index contributed by atoms with van der Waals surface area (Å²) in [5, 5.41) is 0.643. The van der Waals surface area contributed by atoms with E-state index in [2.05, 4.69) is 4.98 Å². The lowest BCUT2D eigenvalue weighted by atomic mass is 10.0. The highest BCUT2D eigenvalue weighted by atomic mass is 35.5. The van der Waals surface area contributed by atoms with E-state index in [1.807, 2.05) is 72.1 Å². The van der Waals surface area contributed by atoms with Crippen LogP contribution in [-0.2, 0) is 13.1 Å². The van der Waals surface area contributed by atoms with Crippen LogP contribution in [0.25, 0.3) is 5.69 Å². The van der Waals surface area contributed by atoms with Gasteiger partial charge in [-0.3, -0.25) is 14.4 Å². The van der Waals surface area contributed by atoms with E-state index < -0.39 is 0 Å². The second-order valence-corrected chi connectivity index (χ2v) is 7.20. The molecule has 1 aliphatic rings. The predicted octanol–water partition coefficient (Wildman–Crippen LogP) is 3.30. The van der Waals surface area contributed by atoms with E-state index in [0.717, 1.165) is 28.2 Å². The lowest BCUT2D eigenvalue weighted by Gasteiger charge is -2.20. The molecule has 0 fully saturated rings. The molecule has 0 atom stereocenters. The number of aromatic nitrogens is 2. The molecule has 0 saturated heterocycles. The number of hydrogen-bond donors (Lipinski definition) is 0. The van der Waals surface area contributed by atoms with Crippen LogP contribution in [-0.4, -0.2) is 34.3 Å². The lowest BCUT2D eigenvalue weighted by Crippen LogP contribution is -2.24. The van der Waals surface area contributed by atoms with E-state index in [1.165, 1.54) is 0 Å². The van der Waals surface area contributed by atoms with E-state index in [-0.39, 0.29) is 5.56 Å². The number of fused-ring (bicyclic) bond motifs is 3. The number of aliphatic imine (C=N–C) groups is 1. The van der Waals surface area contributed by atoms with Crippen molar-refractivity contribution in [2.75, 3.05) is 14.1 Å². The number of nitrogens with zero attached hydrogens (tertiary/aromatic N) is 4. The minimum absolute atomic E-state index is 0.244. The van der Waals surface area contributed by atoms with Crippen molar-refractivity contribution in [3.63, 3.8) is 0 Å². The Labute approximate surface area is 162 Å². The molecule has 2 heterocycles. The minimum Gasteiger partial charge on any atom is -0.304 e. The Morgan fingerprint density at radius 1 is 1.11 bits per heavy atom. The smallest absolute Gasteiger partial charge is 0.273 e. The molecule has 136 valence electrons. The molecule has 3 aromatic rings. The van der Waals surface area contributed by atoms with E-state index in [4.69, 9.17) is 16.6 Å². The molecular weight excluding hydrogens is 360 g/mol. The molecular formula is C21H19ClN4O. The van der Waals surface area contributed by atoms with Crippen molar-refractivity contribution in [1.82, 2.24) is 14.5 Å². The molecule has 1 aromatic heterocycles. The highest BCUT2D eigenvalue weighted by Crippen LogP contribution is 2.28. The maximum atomic E-state index is 12.2. The van der Waals surface area contributed by atoms with Gasteiger partial charge in [0, 0.05) is 34.5 Å². The molecule has 0 N–H and O–H groups in total. The van der Waals surface area contributed by atoms with Crippen LogP contribution in [0.3, 0.4) is 0 Å². The zero-order valence-electron chi connectivity index (χ0n) is 15.2. The Balaban J connectivity index is 2.01. The first-order valence-corrected chi connectivity index (χ1v) is 9.07. The first-order valence-electron chi connectivity index (χ1n) is 8.69. The van der Waals surface area contributed by atoms with Crippen molar-refractivity contribution < 1.29 is 0 Å². The topological polar surface area (TPSA) is 50.5 Å². The van der Waals surface area contributed by atoms with Gasteiger partial charge in [0.15, 0.2) is 0 Å². The summed E-state index contributed by atoms with van der Waals surface area (Å²) >= 11 is 6.32. The fraction of sp³-hybridized carbons (Fsp3) is 0.190. The Morgan fingerprint density at radius 2 is 1.89 bits per heavy atom. The number of rotatable bonds is 3. The second-order valence-electron chi connectivity index (χ2n) is 6.77. The molecule has 1 aliphatic heterocycles. The molecule has 0 radical (unpaired) electrons. The van der Waals surface area contributed by atoms with Crippen LogP contribution in [0.2, 0.25) is 5.02 Å². The van der Waals surface area contributed by atoms with Gasteiger partial charge in [0.2, 0.25) is 0 Å². The average Bonchev–Trinajstić information content (AvgIpc) is 2.78. The fourth-order valence-electron chi connectivity index (χ4n) is 3.39. The molecule has 0 bridgehead atoms. The highest BCUT2D eigenvalue weighted by molar-refractivity contribution is 6.31. The highest BCUT2D eigenvalue weighted by Gasteiger charge is 2.22. The Kier molecular flexibility index (Phi) is 4.64. The molecule has 5 nitrogen and oxygen atoms in total. The first-order chi connectivity index (χ1) is 13.0. The van der Waals surface area contributed by atoms with Crippen LogP contribution in [0.1, 0.15) is 22.6 Å². The first kappa shape index (κ1) is 17.6. The molecule has 2 aromatic carbocycles.